The summed E-state index contributed by atoms with van der Waals surface area (Å²) >= 11 is 0. The first-order valence-corrected chi connectivity index (χ1v) is 4.02. The SMILES string of the molecule is COC1(C)CC2CNCC21. The molecule has 2 rings (SSSR count). The van der Waals surface area contributed by atoms with Gasteiger partial charge in [-0.2, -0.15) is 0 Å². The molecule has 0 aromatic rings. The van der Waals surface area contributed by atoms with Gasteiger partial charge in [0.15, 0.2) is 0 Å². The molecule has 1 heterocycles. The number of ether oxygens (including phenoxy) is 1. The van der Waals surface area contributed by atoms with E-state index in [1.165, 1.54) is 13.0 Å². The van der Waals surface area contributed by atoms with Crippen LogP contribution in [0, 0.1) is 11.8 Å². The molecule has 1 aliphatic heterocycles. The molecule has 2 fully saturated rings. The molecule has 0 aromatic carbocycles. The van der Waals surface area contributed by atoms with Gasteiger partial charge in [-0.1, -0.05) is 0 Å². The number of methoxy groups -OCH3 is 1. The van der Waals surface area contributed by atoms with Crippen LogP contribution in [0.4, 0.5) is 0 Å². The Kier molecular flexibility index (Phi) is 1.29. The number of hydrogen-bond donors (Lipinski definition) is 1. The maximum absolute atomic E-state index is 5.45. The lowest BCUT2D eigenvalue weighted by molar-refractivity contribution is -0.129. The molecular formula is C8H15NO. The van der Waals surface area contributed by atoms with Crippen LogP contribution in [0.2, 0.25) is 0 Å². The topological polar surface area (TPSA) is 21.3 Å². The van der Waals surface area contributed by atoms with Crippen molar-refractivity contribution in [3.63, 3.8) is 0 Å². The van der Waals surface area contributed by atoms with Crippen LogP contribution in [0.5, 0.6) is 0 Å². The first-order chi connectivity index (χ1) is 4.76. The molecule has 1 aliphatic carbocycles. The fraction of sp³-hybridized carbons (Fsp3) is 1.00. The summed E-state index contributed by atoms with van der Waals surface area (Å²) in [6, 6.07) is 0. The highest BCUT2D eigenvalue weighted by Gasteiger charge is 2.52. The Morgan fingerprint density at radius 3 is 2.90 bits per heavy atom. The van der Waals surface area contributed by atoms with Gasteiger partial charge in [0.1, 0.15) is 0 Å². The van der Waals surface area contributed by atoms with Gasteiger partial charge in [0, 0.05) is 19.6 Å². The summed E-state index contributed by atoms with van der Waals surface area (Å²) in [5, 5.41) is 3.39. The lowest BCUT2D eigenvalue weighted by Gasteiger charge is -2.48. The first-order valence-electron chi connectivity index (χ1n) is 4.02. The average Bonchev–Trinajstić information content (AvgIpc) is 2.30. The highest BCUT2D eigenvalue weighted by molar-refractivity contribution is 5.05. The van der Waals surface area contributed by atoms with E-state index < -0.39 is 0 Å². The minimum absolute atomic E-state index is 0.203. The second-order valence-electron chi connectivity index (χ2n) is 3.75. The van der Waals surface area contributed by atoms with Gasteiger partial charge >= 0.3 is 0 Å². The van der Waals surface area contributed by atoms with Crippen LogP contribution in [0.3, 0.4) is 0 Å². The van der Waals surface area contributed by atoms with Crippen LogP contribution >= 0.6 is 0 Å². The van der Waals surface area contributed by atoms with Crippen LogP contribution in [-0.4, -0.2) is 25.8 Å². The molecule has 0 aromatic heterocycles. The van der Waals surface area contributed by atoms with Gasteiger partial charge in [0.2, 0.25) is 0 Å². The fourth-order valence-corrected chi connectivity index (χ4v) is 2.41. The number of nitrogens with one attached hydrogen (secondary N) is 1. The van der Waals surface area contributed by atoms with Gasteiger partial charge in [0.05, 0.1) is 5.60 Å². The van der Waals surface area contributed by atoms with E-state index in [0.29, 0.717) is 0 Å². The highest BCUT2D eigenvalue weighted by atomic mass is 16.5. The van der Waals surface area contributed by atoms with Crippen molar-refractivity contribution in [1.82, 2.24) is 5.32 Å². The Morgan fingerprint density at radius 2 is 2.30 bits per heavy atom. The minimum Gasteiger partial charge on any atom is -0.378 e. The summed E-state index contributed by atoms with van der Waals surface area (Å²) in [6.45, 7) is 4.60. The quantitative estimate of drug-likeness (QED) is 0.578. The van der Waals surface area contributed by atoms with Crippen LogP contribution < -0.4 is 5.32 Å². The molecule has 2 nitrogen and oxygen atoms in total. The number of rotatable bonds is 1. The van der Waals surface area contributed by atoms with Gasteiger partial charge in [-0.05, 0) is 25.8 Å². The smallest absolute Gasteiger partial charge is 0.0697 e. The summed E-state index contributed by atoms with van der Waals surface area (Å²) in [6.07, 6.45) is 1.25. The maximum Gasteiger partial charge on any atom is 0.0697 e. The Balaban J connectivity index is 2.05. The number of hydrogen-bond acceptors (Lipinski definition) is 2. The van der Waals surface area contributed by atoms with Crippen molar-refractivity contribution in [2.45, 2.75) is 18.9 Å². The Hall–Kier alpha value is -0.0800. The molecule has 3 atom stereocenters. The van der Waals surface area contributed by atoms with Crippen molar-refractivity contribution in [2.24, 2.45) is 11.8 Å². The van der Waals surface area contributed by atoms with E-state index in [1.54, 1.807) is 0 Å². The summed E-state index contributed by atoms with van der Waals surface area (Å²) in [5.74, 6) is 1.70. The van der Waals surface area contributed by atoms with Crippen molar-refractivity contribution in [3.05, 3.63) is 0 Å². The second-order valence-corrected chi connectivity index (χ2v) is 3.75. The van der Waals surface area contributed by atoms with Crippen LogP contribution in [0.1, 0.15) is 13.3 Å². The van der Waals surface area contributed by atoms with Crippen LogP contribution in [0.15, 0.2) is 0 Å². The van der Waals surface area contributed by atoms with Gasteiger partial charge in [-0.25, -0.2) is 0 Å². The lowest BCUT2D eigenvalue weighted by Crippen LogP contribution is -2.52. The van der Waals surface area contributed by atoms with Crippen LogP contribution in [0.25, 0.3) is 0 Å². The molecule has 58 valence electrons. The van der Waals surface area contributed by atoms with E-state index in [-0.39, 0.29) is 5.60 Å². The zero-order chi connectivity index (χ0) is 7.19. The second kappa shape index (κ2) is 1.95. The molecule has 1 saturated heterocycles. The van der Waals surface area contributed by atoms with E-state index in [4.69, 9.17) is 4.74 Å². The third kappa shape index (κ3) is 0.663. The third-order valence-electron chi connectivity index (χ3n) is 3.26. The van der Waals surface area contributed by atoms with Crippen molar-refractivity contribution < 1.29 is 4.74 Å². The zero-order valence-electron chi connectivity index (χ0n) is 6.68. The van der Waals surface area contributed by atoms with Crippen molar-refractivity contribution in [3.8, 4) is 0 Å². The Morgan fingerprint density at radius 1 is 1.50 bits per heavy atom. The van der Waals surface area contributed by atoms with E-state index in [0.717, 1.165) is 18.4 Å². The van der Waals surface area contributed by atoms with Gasteiger partial charge in [0.25, 0.3) is 0 Å². The minimum atomic E-state index is 0.203. The highest BCUT2D eigenvalue weighted by Crippen LogP contribution is 2.47. The summed E-state index contributed by atoms with van der Waals surface area (Å²) < 4.78 is 5.45. The number of fused-ring (bicyclic) bond motifs is 1. The maximum atomic E-state index is 5.45. The molecule has 1 N–H and O–H groups in total. The molecule has 0 spiro atoms. The Labute approximate surface area is 61.9 Å². The molecule has 0 amide bonds. The van der Waals surface area contributed by atoms with Gasteiger partial charge in [-0.15, -0.1) is 0 Å². The van der Waals surface area contributed by atoms with E-state index >= 15 is 0 Å². The molecule has 0 radical (unpaired) electrons. The van der Waals surface area contributed by atoms with Gasteiger partial charge < -0.3 is 10.1 Å². The van der Waals surface area contributed by atoms with E-state index in [1.807, 2.05) is 7.11 Å². The zero-order valence-corrected chi connectivity index (χ0v) is 6.68. The predicted molar refractivity (Wildman–Crippen MR) is 39.9 cm³/mol. The normalized spacial score (nSPS) is 52.2. The fourth-order valence-electron chi connectivity index (χ4n) is 2.41. The molecule has 2 aliphatic rings. The van der Waals surface area contributed by atoms with Crippen molar-refractivity contribution >= 4 is 0 Å². The third-order valence-corrected chi connectivity index (χ3v) is 3.26. The first kappa shape index (κ1) is 6.62. The largest absolute Gasteiger partial charge is 0.378 e. The lowest BCUT2D eigenvalue weighted by atomic mass is 9.64. The molecule has 3 unspecified atom stereocenters. The molecule has 10 heavy (non-hydrogen) atoms. The van der Waals surface area contributed by atoms with E-state index in [2.05, 4.69) is 12.2 Å². The van der Waals surface area contributed by atoms with Gasteiger partial charge in [-0.3, -0.25) is 0 Å². The van der Waals surface area contributed by atoms with Crippen molar-refractivity contribution in [2.75, 3.05) is 20.2 Å². The summed E-state index contributed by atoms with van der Waals surface area (Å²) in [7, 11) is 1.83. The summed E-state index contributed by atoms with van der Waals surface area (Å²) in [5.41, 5.74) is 0.203. The monoisotopic (exact) mass is 141 g/mol. The molecular weight excluding hydrogens is 126 g/mol. The average molecular weight is 141 g/mol. The predicted octanol–water partition coefficient (Wildman–Crippen LogP) is 0.631. The van der Waals surface area contributed by atoms with Crippen molar-refractivity contribution in [1.29, 1.82) is 0 Å². The standard InChI is InChI=1S/C8H15NO/c1-8(10-2)3-6-4-9-5-7(6)8/h6-7,9H,3-5H2,1-2H3. The Bertz CT molecular complexity index is 148. The molecule has 0 bridgehead atoms. The van der Waals surface area contributed by atoms with E-state index in [9.17, 15) is 0 Å². The van der Waals surface area contributed by atoms with Crippen LogP contribution in [-0.2, 0) is 4.74 Å². The molecule has 1 saturated carbocycles. The summed E-state index contributed by atoms with van der Waals surface area (Å²) in [4.78, 5) is 0. The molecule has 2 heteroatoms.